The first-order valence-corrected chi connectivity index (χ1v) is 7.88. The summed E-state index contributed by atoms with van der Waals surface area (Å²) in [5.74, 6) is 0. The molecule has 0 radical (unpaired) electrons. The molecule has 0 rings (SSSR count). The molecule has 0 aliphatic carbocycles. The third kappa shape index (κ3) is 15.9. The van der Waals surface area contributed by atoms with E-state index in [9.17, 15) is 0 Å². The lowest BCUT2D eigenvalue weighted by atomic mass is 10.0. The predicted molar refractivity (Wildman–Crippen MR) is 77.7 cm³/mol. The molecule has 0 aromatic rings. The molecule has 0 unspecified atom stereocenters. The lowest BCUT2D eigenvalue weighted by Crippen LogP contribution is -1.97. The van der Waals surface area contributed by atoms with E-state index in [-0.39, 0.29) is 0 Å². The van der Waals surface area contributed by atoms with Crippen LogP contribution in [0.1, 0.15) is 83.5 Å². The Morgan fingerprint density at radius 3 is 1.22 bits per heavy atom. The van der Waals surface area contributed by atoms with Crippen molar-refractivity contribution in [1.82, 2.24) is 0 Å². The summed E-state index contributed by atoms with van der Waals surface area (Å²) in [4.78, 5) is 4.04. The van der Waals surface area contributed by atoms with Crippen LogP contribution >= 0.6 is 0 Å². The molecule has 0 amide bonds. The summed E-state index contributed by atoms with van der Waals surface area (Å²) in [6, 6.07) is 0. The molecule has 0 aliphatic rings. The van der Waals surface area contributed by atoms with E-state index < -0.39 is 0 Å². The van der Waals surface area contributed by atoms with Gasteiger partial charge in [-0.1, -0.05) is 70.6 Å². The van der Waals surface area contributed by atoms with Gasteiger partial charge in [-0.2, -0.15) is 0 Å². The van der Waals surface area contributed by atoms with E-state index in [1.807, 2.05) is 0 Å². The molecule has 3 N–H and O–H groups in total. The summed E-state index contributed by atoms with van der Waals surface area (Å²) in [5.41, 5.74) is 5.46. The Hall–Kier alpha value is -0.120. The van der Waals surface area contributed by atoms with Crippen LogP contribution in [-0.4, -0.2) is 18.4 Å². The Bertz CT molecular complexity index is 126. The maximum atomic E-state index is 8.15. The van der Waals surface area contributed by atoms with Crippen LogP contribution in [0.4, 0.5) is 0 Å². The molecule has 3 heteroatoms. The number of rotatable bonds is 15. The van der Waals surface area contributed by atoms with Crippen molar-refractivity contribution in [3.8, 4) is 0 Å². The fourth-order valence-corrected chi connectivity index (χ4v) is 2.26. The van der Waals surface area contributed by atoms with Crippen molar-refractivity contribution in [3.63, 3.8) is 0 Å². The number of hydrogen-bond donors (Lipinski definition) is 2. The third-order valence-corrected chi connectivity index (χ3v) is 3.44. The van der Waals surface area contributed by atoms with E-state index in [1.165, 1.54) is 77.0 Å². The molecule has 0 bridgehead atoms. The van der Waals surface area contributed by atoms with Gasteiger partial charge in [0.15, 0.2) is 0 Å². The van der Waals surface area contributed by atoms with E-state index >= 15 is 0 Å². The molecule has 0 heterocycles. The number of nitrogens with two attached hydrogens (primary N) is 1. The van der Waals surface area contributed by atoms with Gasteiger partial charge < -0.3 is 5.73 Å². The fraction of sp³-hybridized carbons (Fsp3) is 1.00. The quantitative estimate of drug-likeness (QED) is 0.258. The van der Waals surface area contributed by atoms with Crippen LogP contribution in [0.25, 0.3) is 0 Å². The van der Waals surface area contributed by atoms with Gasteiger partial charge in [0.2, 0.25) is 0 Å². The number of hydrogen-bond acceptors (Lipinski definition) is 3. The van der Waals surface area contributed by atoms with Gasteiger partial charge in [0.1, 0.15) is 0 Å². The Balaban J connectivity index is 2.86. The second-order valence-corrected chi connectivity index (χ2v) is 5.22. The highest BCUT2D eigenvalue weighted by atomic mass is 17.1. The van der Waals surface area contributed by atoms with Crippen molar-refractivity contribution in [1.29, 1.82) is 0 Å². The monoisotopic (exact) mass is 259 g/mol. The van der Waals surface area contributed by atoms with Crippen LogP contribution in [0, 0.1) is 0 Å². The Kier molecular flexibility index (Phi) is 16.8. The molecule has 0 saturated heterocycles. The first kappa shape index (κ1) is 17.9. The highest BCUT2D eigenvalue weighted by Crippen LogP contribution is 2.12. The summed E-state index contributed by atoms with van der Waals surface area (Å²) in [6.45, 7) is 1.34. The van der Waals surface area contributed by atoms with Crippen molar-refractivity contribution in [2.45, 2.75) is 83.5 Å². The fourth-order valence-electron chi connectivity index (χ4n) is 2.26. The van der Waals surface area contributed by atoms with E-state index in [2.05, 4.69) is 4.89 Å². The Morgan fingerprint density at radius 2 is 0.889 bits per heavy atom. The van der Waals surface area contributed by atoms with Gasteiger partial charge in [-0.05, 0) is 19.4 Å². The number of unbranched alkanes of at least 4 members (excludes halogenated alkanes) is 12. The summed E-state index contributed by atoms with van der Waals surface area (Å²) in [6.07, 6.45) is 17.0. The minimum absolute atomic E-state index is 0.490. The normalized spacial score (nSPS) is 11.0. The molecule has 3 nitrogen and oxygen atoms in total. The molecule has 0 fully saturated rings. The van der Waals surface area contributed by atoms with Crippen LogP contribution in [0.2, 0.25) is 0 Å². The smallest absolute Gasteiger partial charge is 0.0819 e. The molecular formula is C15H33NO2. The Morgan fingerprint density at radius 1 is 0.556 bits per heavy atom. The van der Waals surface area contributed by atoms with Gasteiger partial charge in [-0.15, -0.1) is 0 Å². The van der Waals surface area contributed by atoms with Gasteiger partial charge in [-0.25, -0.2) is 4.89 Å². The van der Waals surface area contributed by atoms with Crippen LogP contribution in [-0.2, 0) is 4.89 Å². The summed E-state index contributed by atoms with van der Waals surface area (Å²) in [5, 5.41) is 8.15. The molecule has 0 aromatic heterocycles. The highest BCUT2D eigenvalue weighted by Gasteiger charge is 1.93. The molecule has 110 valence electrons. The van der Waals surface area contributed by atoms with Crippen molar-refractivity contribution in [3.05, 3.63) is 0 Å². The SMILES string of the molecule is NCCCCCCCCCCCCCCCOO. The lowest BCUT2D eigenvalue weighted by molar-refractivity contribution is -0.242. The van der Waals surface area contributed by atoms with Crippen molar-refractivity contribution in [2.75, 3.05) is 13.2 Å². The van der Waals surface area contributed by atoms with Crippen molar-refractivity contribution in [2.24, 2.45) is 5.73 Å². The largest absolute Gasteiger partial charge is 0.330 e. The molecule has 18 heavy (non-hydrogen) atoms. The maximum absolute atomic E-state index is 8.15. The standard InChI is InChI=1S/C15H33NO2/c16-14-12-10-8-6-4-2-1-3-5-7-9-11-13-15-18-17/h17H,1-16H2. The van der Waals surface area contributed by atoms with Crippen LogP contribution in [0.15, 0.2) is 0 Å². The summed E-state index contributed by atoms with van der Waals surface area (Å²) < 4.78 is 0. The molecular weight excluding hydrogens is 226 g/mol. The zero-order valence-corrected chi connectivity index (χ0v) is 12.0. The average Bonchev–Trinajstić information content (AvgIpc) is 2.39. The minimum Gasteiger partial charge on any atom is -0.330 e. The van der Waals surface area contributed by atoms with E-state index in [4.69, 9.17) is 11.0 Å². The predicted octanol–water partition coefficient (Wildman–Crippen LogP) is 4.51. The summed E-state index contributed by atoms with van der Waals surface area (Å²) in [7, 11) is 0. The molecule has 0 aromatic carbocycles. The maximum Gasteiger partial charge on any atom is 0.0819 e. The molecule has 0 aliphatic heterocycles. The Labute approximate surface area is 113 Å². The second-order valence-electron chi connectivity index (χ2n) is 5.22. The van der Waals surface area contributed by atoms with Gasteiger partial charge in [0.25, 0.3) is 0 Å². The van der Waals surface area contributed by atoms with Crippen LogP contribution < -0.4 is 5.73 Å². The van der Waals surface area contributed by atoms with Gasteiger partial charge >= 0.3 is 0 Å². The molecule has 0 atom stereocenters. The van der Waals surface area contributed by atoms with Crippen LogP contribution in [0.3, 0.4) is 0 Å². The topological polar surface area (TPSA) is 55.5 Å². The van der Waals surface area contributed by atoms with Gasteiger partial charge in [0.05, 0.1) is 6.61 Å². The van der Waals surface area contributed by atoms with Gasteiger partial charge in [0, 0.05) is 0 Å². The van der Waals surface area contributed by atoms with E-state index in [0.717, 1.165) is 13.0 Å². The summed E-state index contributed by atoms with van der Waals surface area (Å²) >= 11 is 0. The first-order valence-electron chi connectivity index (χ1n) is 7.88. The molecule has 0 spiro atoms. The zero-order valence-electron chi connectivity index (χ0n) is 12.0. The molecule has 0 saturated carbocycles. The van der Waals surface area contributed by atoms with E-state index in [1.54, 1.807) is 0 Å². The van der Waals surface area contributed by atoms with Crippen molar-refractivity contribution < 1.29 is 10.1 Å². The third-order valence-electron chi connectivity index (χ3n) is 3.44. The van der Waals surface area contributed by atoms with Crippen molar-refractivity contribution >= 4 is 0 Å². The first-order chi connectivity index (χ1) is 8.91. The average molecular weight is 259 g/mol. The lowest BCUT2D eigenvalue weighted by Gasteiger charge is -2.02. The van der Waals surface area contributed by atoms with Crippen LogP contribution in [0.5, 0.6) is 0 Å². The zero-order chi connectivity index (χ0) is 13.3. The highest BCUT2D eigenvalue weighted by molar-refractivity contribution is 4.49. The van der Waals surface area contributed by atoms with Gasteiger partial charge in [-0.3, -0.25) is 5.26 Å². The van der Waals surface area contributed by atoms with E-state index in [0.29, 0.717) is 6.61 Å². The minimum atomic E-state index is 0.490. The second kappa shape index (κ2) is 16.9.